The molecule has 0 fully saturated rings. The number of benzene rings is 1. The molecule has 0 aliphatic heterocycles. The molecule has 19 heavy (non-hydrogen) atoms. The number of nitrogen functional groups attached to an aromatic ring is 1. The van der Waals surface area contributed by atoms with E-state index in [0.717, 1.165) is 4.47 Å². The molecule has 0 radical (unpaired) electrons. The van der Waals surface area contributed by atoms with E-state index in [0.29, 0.717) is 23.6 Å². The van der Waals surface area contributed by atoms with Crippen molar-refractivity contribution in [3.8, 4) is 0 Å². The largest absolute Gasteiger partial charge is 0.398 e. The van der Waals surface area contributed by atoms with E-state index in [1.807, 2.05) is 13.8 Å². The molecule has 1 unspecified atom stereocenters. The SMILES string of the molecule is CC(C)CC(C)(O)CNC(=O)c1cc(Br)ccc1N. The Kier molecular flexibility index (Phi) is 5.38. The van der Waals surface area contributed by atoms with Gasteiger partial charge >= 0.3 is 0 Å². The lowest BCUT2D eigenvalue weighted by atomic mass is 9.94. The predicted octanol–water partition coefficient (Wildman–Crippen LogP) is 2.56. The van der Waals surface area contributed by atoms with E-state index in [1.54, 1.807) is 25.1 Å². The first kappa shape index (κ1) is 16.0. The van der Waals surface area contributed by atoms with Gasteiger partial charge in [0, 0.05) is 16.7 Å². The summed E-state index contributed by atoms with van der Waals surface area (Å²) < 4.78 is 0.792. The van der Waals surface area contributed by atoms with Crippen LogP contribution in [0, 0.1) is 5.92 Å². The molecule has 0 saturated carbocycles. The maximum Gasteiger partial charge on any atom is 0.253 e. The molecule has 1 amide bonds. The number of carbonyl (C=O) groups excluding carboxylic acids is 1. The zero-order valence-electron chi connectivity index (χ0n) is 11.5. The lowest BCUT2D eigenvalue weighted by molar-refractivity contribution is 0.0368. The molecule has 1 rings (SSSR count). The first-order valence-electron chi connectivity index (χ1n) is 6.27. The van der Waals surface area contributed by atoms with Gasteiger partial charge in [-0.15, -0.1) is 0 Å². The van der Waals surface area contributed by atoms with Crippen molar-refractivity contribution < 1.29 is 9.90 Å². The van der Waals surface area contributed by atoms with E-state index in [9.17, 15) is 9.90 Å². The Labute approximate surface area is 122 Å². The van der Waals surface area contributed by atoms with Crippen LogP contribution in [0.15, 0.2) is 22.7 Å². The van der Waals surface area contributed by atoms with Gasteiger partial charge in [0.05, 0.1) is 11.2 Å². The second-order valence-electron chi connectivity index (χ2n) is 5.51. The Morgan fingerprint density at radius 3 is 2.74 bits per heavy atom. The topological polar surface area (TPSA) is 75.3 Å². The van der Waals surface area contributed by atoms with Gasteiger partial charge in [-0.3, -0.25) is 4.79 Å². The minimum atomic E-state index is -0.912. The number of aliphatic hydroxyl groups is 1. The van der Waals surface area contributed by atoms with Crippen molar-refractivity contribution in [1.82, 2.24) is 5.32 Å². The molecule has 0 heterocycles. The van der Waals surface area contributed by atoms with Crippen LogP contribution in [-0.2, 0) is 0 Å². The number of amides is 1. The maximum absolute atomic E-state index is 12.0. The van der Waals surface area contributed by atoms with Crippen LogP contribution in [0.4, 0.5) is 5.69 Å². The van der Waals surface area contributed by atoms with Crippen LogP contribution in [0.2, 0.25) is 0 Å². The quantitative estimate of drug-likeness (QED) is 0.727. The summed E-state index contributed by atoms with van der Waals surface area (Å²) in [4.78, 5) is 12.0. The van der Waals surface area contributed by atoms with Crippen molar-refractivity contribution in [2.45, 2.75) is 32.8 Å². The van der Waals surface area contributed by atoms with Crippen LogP contribution in [0.3, 0.4) is 0 Å². The van der Waals surface area contributed by atoms with E-state index in [1.165, 1.54) is 0 Å². The number of rotatable bonds is 5. The minimum absolute atomic E-state index is 0.204. The molecule has 106 valence electrons. The van der Waals surface area contributed by atoms with Gasteiger partial charge in [-0.2, -0.15) is 0 Å². The number of halogens is 1. The first-order chi connectivity index (χ1) is 8.71. The fourth-order valence-corrected chi connectivity index (χ4v) is 2.40. The van der Waals surface area contributed by atoms with Crippen LogP contribution in [-0.4, -0.2) is 23.2 Å². The summed E-state index contributed by atoms with van der Waals surface area (Å²) >= 11 is 3.30. The zero-order chi connectivity index (χ0) is 14.6. The molecule has 1 aromatic carbocycles. The number of hydrogen-bond acceptors (Lipinski definition) is 3. The molecule has 5 heteroatoms. The van der Waals surface area contributed by atoms with Crippen molar-refractivity contribution in [3.05, 3.63) is 28.2 Å². The third-order valence-electron chi connectivity index (χ3n) is 2.74. The fourth-order valence-electron chi connectivity index (χ4n) is 2.04. The van der Waals surface area contributed by atoms with E-state index in [-0.39, 0.29) is 12.5 Å². The van der Waals surface area contributed by atoms with Crippen molar-refractivity contribution in [3.63, 3.8) is 0 Å². The highest BCUT2D eigenvalue weighted by molar-refractivity contribution is 9.10. The molecule has 0 aliphatic rings. The van der Waals surface area contributed by atoms with Crippen molar-refractivity contribution in [2.24, 2.45) is 5.92 Å². The molecule has 0 saturated heterocycles. The van der Waals surface area contributed by atoms with Gasteiger partial charge in [-0.25, -0.2) is 0 Å². The number of anilines is 1. The molecule has 1 aromatic rings. The van der Waals surface area contributed by atoms with Crippen LogP contribution < -0.4 is 11.1 Å². The summed E-state index contributed by atoms with van der Waals surface area (Å²) in [5.74, 6) is 0.0886. The highest BCUT2D eigenvalue weighted by Gasteiger charge is 2.23. The second kappa shape index (κ2) is 6.39. The molecule has 0 bridgehead atoms. The van der Waals surface area contributed by atoms with Gasteiger partial charge in [0.2, 0.25) is 0 Å². The molecule has 0 aliphatic carbocycles. The summed E-state index contributed by atoms with van der Waals surface area (Å²) in [5.41, 5.74) is 5.69. The number of carbonyl (C=O) groups is 1. The third-order valence-corrected chi connectivity index (χ3v) is 3.23. The van der Waals surface area contributed by atoms with Gasteiger partial charge in [0.15, 0.2) is 0 Å². The second-order valence-corrected chi connectivity index (χ2v) is 6.42. The highest BCUT2D eigenvalue weighted by Crippen LogP contribution is 2.19. The number of nitrogens with one attached hydrogen (secondary N) is 1. The van der Waals surface area contributed by atoms with Gasteiger partial charge in [0.1, 0.15) is 0 Å². The van der Waals surface area contributed by atoms with E-state index in [2.05, 4.69) is 21.2 Å². The van der Waals surface area contributed by atoms with Crippen molar-refractivity contribution >= 4 is 27.5 Å². The minimum Gasteiger partial charge on any atom is -0.398 e. The Bertz CT molecular complexity index is 459. The first-order valence-corrected chi connectivity index (χ1v) is 7.06. The van der Waals surface area contributed by atoms with Crippen LogP contribution in [0.25, 0.3) is 0 Å². The average Bonchev–Trinajstić information content (AvgIpc) is 2.27. The Balaban J connectivity index is 2.68. The van der Waals surface area contributed by atoms with Crippen LogP contribution in [0.1, 0.15) is 37.6 Å². The van der Waals surface area contributed by atoms with E-state index < -0.39 is 5.60 Å². The Hall–Kier alpha value is -1.07. The summed E-state index contributed by atoms with van der Waals surface area (Å²) in [5, 5.41) is 12.9. The van der Waals surface area contributed by atoms with Gasteiger partial charge < -0.3 is 16.2 Å². The summed E-state index contributed by atoms with van der Waals surface area (Å²) in [6.07, 6.45) is 0.626. The van der Waals surface area contributed by atoms with Gasteiger partial charge in [-0.1, -0.05) is 29.8 Å². The summed E-state index contributed by atoms with van der Waals surface area (Å²) in [7, 11) is 0. The third kappa shape index (κ3) is 5.20. The van der Waals surface area contributed by atoms with E-state index in [4.69, 9.17) is 5.73 Å². The Morgan fingerprint density at radius 2 is 2.16 bits per heavy atom. The molecule has 1 atom stereocenters. The Morgan fingerprint density at radius 1 is 1.53 bits per heavy atom. The zero-order valence-corrected chi connectivity index (χ0v) is 13.1. The standard InChI is InChI=1S/C14H21BrN2O2/c1-9(2)7-14(3,19)8-17-13(18)11-6-10(15)4-5-12(11)16/h4-6,9,19H,7-8,16H2,1-3H3,(H,17,18). The van der Waals surface area contributed by atoms with Crippen molar-refractivity contribution in [1.29, 1.82) is 0 Å². The summed E-state index contributed by atoms with van der Waals surface area (Å²) in [6.45, 7) is 5.98. The molecule has 0 spiro atoms. The molecule has 4 N–H and O–H groups in total. The highest BCUT2D eigenvalue weighted by atomic mass is 79.9. The smallest absolute Gasteiger partial charge is 0.253 e. The van der Waals surface area contributed by atoms with Gasteiger partial charge in [-0.05, 0) is 37.5 Å². The molecule has 4 nitrogen and oxygen atoms in total. The average molecular weight is 329 g/mol. The maximum atomic E-state index is 12.0. The summed E-state index contributed by atoms with van der Waals surface area (Å²) in [6, 6.07) is 5.12. The molecular weight excluding hydrogens is 308 g/mol. The fraction of sp³-hybridized carbons (Fsp3) is 0.500. The molecule has 0 aromatic heterocycles. The lowest BCUT2D eigenvalue weighted by Crippen LogP contribution is -2.41. The van der Waals surface area contributed by atoms with E-state index >= 15 is 0 Å². The van der Waals surface area contributed by atoms with Gasteiger partial charge in [0.25, 0.3) is 5.91 Å². The number of hydrogen-bond donors (Lipinski definition) is 3. The normalized spacial score (nSPS) is 14.2. The monoisotopic (exact) mass is 328 g/mol. The van der Waals surface area contributed by atoms with Crippen LogP contribution in [0.5, 0.6) is 0 Å². The molecular formula is C14H21BrN2O2. The predicted molar refractivity (Wildman–Crippen MR) is 81.0 cm³/mol. The lowest BCUT2D eigenvalue weighted by Gasteiger charge is -2.25. The van der Waals surface area contributed by atoms with Crippen LogP contribution >= 0.6 is 15.9 Å². The van der Waals surface area contributed by atoms with Crippen molar-refractivity contribution in [2.75, 3.05) is 12.3 Å². The number of nitrogens with two attached hydrogens (primary N) is 1.